The SMILES string of the molecule is CCc1cc(C#N)cnc1C(=O)Nc1ccc(F)c([C@]2(C)C=C(CF)OC(N)=N2)c1. The molecule has 0 saturated carbocycles. The molecule has 9 heteroatoms. The van der Waals surface area contributed by atoms with E-state index in [1.807, 2.05) is 13.0 Å². The lowest BCUT2D eigenvalue weighted by Gasteiger charge is -2.28. The summed E-state index contributed by atoms with van der Waals surface area (Å²) in [5, 5.41) is 11.7. The molecule has 0 bridgehead atoms. The molecule has 1 aromatic carbocycles. The van der Waals surface area contributed by atoms with E-state index in [-0.39, 0.29) is 23.0 Å². The summed E-state index contributed by atoms with van der Waals surface area (Å²) in [6, 6.07) is 7.26. The Bertz CT molecular complexity index is 1110. The van der Waals surface area contributed by atoms with Gasteiger partial charge in [-0.05, 0) is 49.2 Å². The lowest BCUT2D eigenvalue weighted by molar-refractivity contribution is 0.102. The van der Waals surface area contributed by atoms with Gasteiger partial charge in [0.05, 0.1) is 5.56 Å². The Labute approximate surface area is 171 Å². The van der Waals surface area contributed by atoms with Crippen LogP contribution in [0.2, 0.25) is 0 Å². The number of aryl methyl sites for hydroxylation is 1. The maximum Gasteiger partial charge on any atom is 0.288 e. The molecular formula is C21H19F2N5O2. The molecule has 1 atom stereocenters. The Kier molecular flexibility index (Phi) is 5.78. The van der Waals surface area contributed by atoms with Crippen LogP contribution in [0.1, 0.15) is 41.0 Å². The number of nitrogens with one attached hydrogen (secondary N) is 1. The number of alkyl halides is 1. The van der Waals surface area contributed by atoms with Gasteiger partial charge in [0.25, 0.3) is 11.9 Å². The molecule has 3 N–H and O–H groups in total. The quantitative estimate of drug-likeness (QED) is 0.784. The van der Waals surface area contributed by atoms with E-state index >= 15 is 0 Å². The summed E-state index contributed by atoms with van der Waals surface area (Å²) < 4.78 is 32.7. The Hall–Kier alpha value is -3.80. The maximum atomic E-state index is 14.6. The molecule has 1 aliphatic heterocycles. The third kappa shape index (κ3) is 4.12. The molecule has 30 heavy (non-hydrogen) atoms. The molecule has 0 saturated heterocycles. The fourth-order valence-corrected chi connectivity index (χ4v) is 3.19. The Balaban J connectivity index is 1.95. The number of hydrogen-bond donors (Lipinski definition) is 2. The third-order valence-electron chi connectivity index (χ3n) is 4.61. The van der Waals surface area contributed by atoms with E-state index in [1.54, 1.807) is 13.0 Å². The molecule has 2 aromatic rings. The molecule has 154 valence electrons. The van der Waals surface area contributed by atoms with E-state index in [0.29, 0.717) is 23.2 Å². The molecule has 1 aliphatic rings. The number of aliphatic imine (C=N–C) groups is 1. The smallest absolute Gasteiger partial charge is 0.288 e. The number of aromatic nitrogens is 1. The predicted octanol–water partition coefficient (Wildman–Crippen LogP) is 3.32. The lowest BCUT2D eigenvalue weighted by atomic mass is 9.90. The number of nitrogens with two attached hydrogens (primary N) is 1. The number of nitrogens with zero attached hydrogens (tertiary/aromatic N) is 3. The highest BCUT2D eigenvalue weighted by molar-refractivity contribution is 6.04. The highest BCUT2D eigenvalue weighted by Gasteiger charge is 2.32. The van der Waals surface area contributed by atoms with Gasteiger partial charge in [0.15, 0.2) is 0 Å². The van der Waals surface area contributed by atoms with Gasteiger partial charge in [0, 0.05) is 17.4 Å². The van der Waals surface area contributed by atoms with Crippen LogP contribution in [0.25, 0.3) is 0 Å². The first-order chi connectivity index (χ1) is 14.3. The first kappa shape index (κ1) is 20.9. The molecule has 7 nitrogen and oxygen atoms in total. The minimum absolute atomic E-state index is 0.0757. The number of benzene rings is 1. The zero-order chi connectivity index (χ0) is 21.9. The van der Waals surface area contributed by atoms with Gasteiger partial charge in [-0.2, -0.15) is 5.26 Å². The Morgan fingerprint density at radius 3 is 2.83 bits per heavy atom. The molecule has 2 heterocycles. The number of ether oxygens (including phenoxy) is 1. The van der Waals surface area contributed by atoms with Crippen molar-refractivity contribution in [2.75, 3.05) is 12.0 Å². The van der Waals surface area contributed by atoms with Crippen LogP contribution in [0.3, 0.4) is 0 Å². The van der Waals surface area contributed by atoms with Gasteiger partial charge in [0.1, 0.15) is 35.6 Å². The van der Waals surface area contributed by atoms with Crippen molar-refractivity contribution in [2.24, 2.45) is 10.7 Å². The molecule has 0 spiro atoms. The molecule has 0 unspecified atom stereocenters. The minimum atomic E-state index is -1.31. The van der Waals surface area contributed by atoms with Crippen LogP contribution in [-0.4, -0.2) is 23.6 Å². The molecule has 1 amide bonds. The lowest BCUT2D eigenvalue weighted by Crippen LogP contribution is -2.31. The highest BCUT2D eigenvalue weighted by atomic mass is 19.1. The number of allylic oxidation sites excluding steroid dienone is 1. The van der Waals surface area contributed by atoms with Crippen molar-refractivity contribution >= 4 is 17.6 Å². The average molecular weight is 411 g/mol. The van der Waals surface area contributed by atoms with Crippen molar-refractivity contribution < 1.29 is 18.3 Å². The van der Waals surface area contributed by atoms with Gasteiger partial charge in [-0.1, -0.05) is 6.92 Å². The molecular weight excluding hydrogens is 392 g/mol. The minimum Gasteiger partial charge on any atom is -0.428 e. The van der Waals surface area contributed by atoms with Gasteiger partial charge in [-0.15, -0.1) is 0 Å². The highest BCUT2D eigenvalue weighted by Crippen LogP contribution is 2.35. The molecule has 0 aliphatic carbocycles. The number of nitriles is 1. The van der Waals surface area contributed by atoms with Crippen molar-refractivity contribution in [3.05, 3.63) is 70.5 Å². The van der Waals surface area contributed by atoms with Crippen molar-refractivity contribution in [3.63, 3.8) is 0 Å². The largest absolute Gasteiger partial charge is 0.428 e. The van der Waals surface area contributed by atoms with Crippen molar-refractivity contribution in [1.82, 2.24) is 4.98 Å². The first-order valence-corrected chi connectivity index (χ1v) is 9.11. The van der Waals surface area contributed by atoms with Gasteiger partial charge >= 0.3 is 0 Å². The van der Waals surface area contributed by atoms with Crippen LogP contribution in [0.15, 0.2) is 47.3 Å². The van der Waals surface area contributed by atoms with Gasteiger partial charge < -0.3 is 15.8 Å². The first-order valence-electron chi connectivity index (χ1n) is 9.11. The molecule has 3 rings (SSSR count). The zero-order valence-electron chi connectivity index (χ0n) is 16.4. The summed E-state index contributed by atoms with van der Waals surface area (Å²) in [6.07, 6.45) is 3.15. The van der Waals surface area contributed by atoms with E-state index in [2.05, 4.69) is 15.3 Å². The monoisotopic (exact) mass is 411 g/mol. The summed E-state index contributed by atoms with van der Waals surface area (Å²) in [5.74, 6) is -1.18. The second-order valence-electron chi connectivity index (χ2n) is 6.79. The maximum absolute atomic E-state index is 14.6. The van der Waals surface area contributed by atoms with Crippen LogP contribution < -0.4 is 11.1 Å². The molecule has 0 fully saturated rings. The topological polar surface area (TPSA) is 113 Å². The van der Waals surface area contributed by atoms with Gasteiger partial charge in [-0.3, -0.25) is 4.79 Å². The summed E-state index contributed by atoms with van der Waals surface area (Å²) in [6.45, 7) is 2.47. The fraction of sp³-hybridized carbons (Fsp3) is 0.238. The number of amides is 1. The number of halogens is 2. The van der Waals surface area contributed by atoms with Crippen LogP contribution in [0.4, 0.5) is 14.5 Å². The number of anilines is 1. The molecule has 1 aromatic heterocycles. The fourth-order valence-electron chi connectivity index (χ4n) is 3.19. The van der Waals surface area contributed by atoms with Gasteiger partial charge in [0.2, 0.25) is 0 Å². The number of carbonyl (C=O) groups is 1. The van der Waals surface area contributed by atoms with Gasteiger partial charge in [-0.25, -0.2) is 18.8 Å². The number of rotatable bonds is 5. The van der Waals surface area contributed by atoms with E-state index < -0.39 is 23.9 Å². The Morgan fingerprint density at radius 1 is 1.40 bits per heavy atom. The van der Waals surface area contributed by atoms with Crippen LogP contribution in [-0.2, 0) is 16.7 Å². The van der Waals surface area contributed by atoms with Crippen molar-refractivity contribution in [1.29, 1.82) is 5.26 Å². The summed E-state index contributed by atoms with van der Waals surface area (Å²) >= 11 is 0. The van der Waals surface area contributed by atoms with Crippen LogP contribution in [0.5, 0.6) is 0 Å². The average Bonchev–Trinajstić information content (AvgIpc) is 2.73. The standard InChI is InChI=1S/C21H19F2N5O2/c1-3-13-6-12(10-24)11-26-18(13)19(29)27-14-4-5-17(23)16(7-14)21(2)8-15(9-22)30-20(25)28-21/h4-8,11H,3,9H2,1-2H3,(H2,25,28)(H,27,29)/t21-/m0/s1. The third-order valence-corrected chi connectivity index (χ3v) is 4.61. The van der Waals surface area contributed by atoms with Crippen molar-refractivity contribution in [3.8, 4) is 6.07 Å². The Morgan fingerprint density at radius 2 is 2.17 bits per heavy atom. The van der Waals surface area contributed by atoms with E-state index in [4.69, 9.17) is 15.7 Å². The number of carbonyl (C=O) groups excluding carboxylic acids is 1. The van der Waals surface area contributed by atoms with E-state index in [0.717, 1.165) is 0 Å². The summed E-state index contributed by atoms with van der Waals surface area (Å²) in [4.78, 5) is 20.9. The number of amidine groups is 1. The summed E-state index contributed by atoms with van der Waals surface area (Å²) in [7, 11) is 0. The molecule has 0 radical (unpaired) electrons. The number of pyridine rings is 1. The number of hydrogen-bond acceptors (Lipinski definition) is 6. The van der Waals surface area contributed by atoms with E-state index in [9.17, 15) is 13.6 Å². The predicted molar refractivity (Wildman–Crippen MR) is 107 cm³/mol. The zero-order valence-corrected chi connectivity index (χ0v) is 16.4. The van der Waals surface area contributed by atoms with Crippen LogP contribution in [0, 0.1) is 17.1 Å². The normalized spacial score (nSPS) is 18.0. The van der Waals surface area contributed by atoms with Crippen LogP contribution >= 0.6 is 0 Å². The van der Waals surface area contributed by atoms with Crippen molar-refractivity contribution in [2.45, 2.75) is 25.8 Å². The van der Waals surface area contributed by atoms with E-state index in [1.165, 1.54) is 30.5 Å². The second kappa shape index (κ2) is 8.29. The second-order valence-corrected chi connectivity index (χ2v) is 6.79. The summed E-state index contributed by atoms with van der Waals surface area (Å²) in [5.41, 5.74) is 5.81.